The Labute approximate surface area is 139 Å². The highest BCUT2D eigenvalue weighted by Crippen LogP contribution is 2.24. The van der Waals surface area contributed by atoms with Crippen molar-refractivity contribution in [1.82, 2.24) is 16.0 Å². The number of nitrogens with one attached hydrogen (secondary N) is 3. The van der Waals surface area contributed by atoms with Crippen LogP contribution in [-0.2, 0) is 9.59 Å². The summed E-state index contributed by atoms with van der Waals surface area (Å²) >= 11 is 1.78. The van der Waals surface area contributed by atoms with E-state index in [0.717, 1.165) is 5.56 Å². The summed E-state index contributed by atoms with van der Waals surface area (Å²) in [4.78, 5) is 35.6. The zero-order valence-electron chi connectivity index (χ0n) is 13.4. The van der Waals surface area contributed by atoms with Crippen molar-refractivity contribution in [3.8, 4) is 0 Å². The number of hydrogen-bond acceptors (Lipinski definition) is 4. The first-order valence-corrected chi connectivity index (χ1v) is 8.40. The third kappa shape index (κ3) is 4.99. The molecule has 0 bridgehead atoms. The number of carbonyl (C=O) groups excluding carboxylic acids is 3. The lowest BCUT2D eigenvalue weighted by Crippen LogP contribution is -2.37. The maximum Gasteiger partial charge on any atom is 0.322 e. The Balaban J connectivity index is 1.88. The summed E-state index contributed by atoms with van der Waals surface area (Å²) in [6, 6.07) is 6.53. The molecule has 0 unspecified atom stereocenters. The molecule has 0 radical (unpaired) electrons. The molecule has 3 N–H and O–H groups in total. The first-order chi connectivity index (χ1) is 10.8. The minimum Gasteiger partial charge on any atom is -0.350 e. The van der Waals surface area contributed by atoms with E-state index in [1.165, 1.54) is 4.90 Å². The highest BCUT2D eigenvalue weighted by Gasteiger charge is 2.31. The van der Waals surface area contributed by atoms with Gasteiger partial charge in [0.2, 0.25) is 5.91 Å². The van der Waals surface area contributed by atoms with Gasteiger partial charge < -0.3 is 10.6 Å². The lowest BCUT2D eigenvalue weighted by Gasteiger charge is -2.16. The lowest BCUT2D eigenvalue weighted by molar-refractivity contribution is -0.126. The summed E-state index contributed by atoms with van der Waals surface area (Å²) in [5, 5.41) is 7.88. The normalized spacial score (nSPS) is 18.5. The van der Waals surface area contributed by atoms with Crippen LogP contribution in [0.15, 0.2) is 29.2 Å². The van der Waals surface area contributed by atoms with Crippen LogP contribution in [0.5, 0.6) is 0 Å². The molecule has 2 atom stereocenters. The highest BCUT2D eigenvalue weighted by atomic mass is 32.2. The largest absolute Gasteiger partial charge is 0.350 e. The van der Waals surface area contributed by atoms with Gasteiger partial charge in [-0.15, -0.1) is 11.8 Å². The molecule has 2 rings (SSSR count). The number of hydrogen-bond donors (Lipinski definition) is 3. The molecule has 6 nitrogen and oxygen atoms in total. The van der Waals surface area contributed by atoms with Crippen molar-refractivity contribution >= 4 is 29.6 Å². The molecule has 0 aliphatic carbocycles. The maximum atomic E-state index is 12.0. The number of carbonyl (C=O) groups is 3. The van der Waals surface area contributed by atoms with Crippen molar-refractivity contribution in [3.05, 3.63) is 29.8 Å². The van der Waals surface area contributed by atoms with E-state index in [2.05, 4.69) is 29.8 Å². The van der Waals surface area contributed by atoms with Crippen LogP contribution in [0.1, 0.15) is 38.8 Å². The molecule has 0 spiro atoms. The molecule has 1 aromatic rings. The zero-order chi connectivity index (χ0) is 17.0. The highest BCUT2D eigenvalue weighted by molar-refractivity contribution is 7.99. The molecule has 23 heavy (non-hydrogen) atoms. The molecule has 4 amide bonds. The van der Waals surface area contributed by atoms with Crippen LogP contribution in [0.25, 0.3) is 0 Å². The van der Waals surface area contributed by atoms with Gasteiger partial charge in [0.1, 0.15) is 6.04 Å². The number of imide groups is 1. The molecule has 1 aliphatic rings. The first-order valence-electron chi connectivity index (χ1n) is 7.52. The second kappa shape index (κ2) is 7.50. The van der Waals surface area contributed by atoms with Crippen LogP contribution in [-0.4, -0.2) is 29.1 Å². The molecule has 1 fully saturated rings. The standard InChI is InChI=1S/C16H21N3O3S/c1-9(2)23-12-6-4-11(5-7-12)10(3)17-14(20)8-13-15(21)19-16(22)18-13/h4-7,9-10,13H,8H2,1-3H3,(H,17,20)(H2,18,19,21,22)/t10-,13+/m1/s1. The second-order valence-electron chi connectivity index (χ2n) is 5.74. The predicted molar refractivity (Wildman–Crippen MR) is 89.1 cm³/mol. The maximum absolute atomic E-state index is 12.0. The van der Waals surface area contributed by atoms with Crippen molar-refractivity contribution in [2.45, 2.75) is 49.4 Å². The van der Waals surface area contributed by atoms with Crippen LogP contribution in [0, 0.1) is 0 Å². The molecule has 124 valence electrons. The smallest absolute Gasteiger partial charge is 0.322 e. The Kier molecular flexibility index (Phi) is 5.65. The minimum atomic E-state index is -0.792. The predicted octanol–water partition coefficient (Wildman–Crippen LogP) is 1.96. The summed E-state index contributed by atoms with van der Waals surface area (Å²) in [5.41, 5.74) is 0.992. The van der Waals surface area contributed by atoms with Gasteiger partial charge in [-0.2, -0.15) is 0 Å². The molecule has 1 saturated heterocycles. The van der Waals surface area contributed by atoms with Crippen molar-refractivity contribution in [3.63, 3.8) is 0 Å². The van der Waals surface area contributed by atoms with Gasteiger partial charge in [-0.05, 0) is 24.6 Å². The fourth-order valence-electron chi connectivity index (χ4n) is 2.28. The Morgan fingerprint density at radius 1 is 1.22 bits per heavy atom. The topological polar surface area (TPSA) is 87.3 Å². The third-order valence-corrected chi connectivity index (χ3v) is 4.39. The van der Waals surface area contributed by atoms with Gasteiger partial charge in [0.05, 0.1) is 12.5 Å². The molecular formula is C16H21N3O3S. The minimum absolute atomic E-state index is 0.0663. The summed E-state index contributed by atoms with van der Waals surface area (Å²) in [6.07, 6.45) is -0.0663. The fourth-order valence-corrected chi connectivity index (χ4v) is 3.12. The monoisotopic (exact) mass is 335 g/mol. The van der Waals surface area contributed by atoms with Crippen molar-refractivity contribution in [1.29, 1.82) is 0 Å². The second-order valence-corrected chi connectivity index (χ2v) is 7.39. The van der Waals surface area contributed by atoms with E-state index in [9.17, 15) is 14.4 Å². The van der Waals surface area contributed by atoms with Gasteiger partial charge in [-0.1, -0.05) is 26.0 Å². The zero-order valence-corrected chi connectivity index (χ0v) is 14.2. The van der Waals surface area contributed by atoms with Crippen molar-refractivity contribution in [2.75, 3.05) is 0 Å². The average molecular weight is 335 g/mol. The summed E-state index contributed by atoms with van der Waals surface area (Å²) < 4.78 is 0. The Hall–Kier alpha value is -2.02. The van der Waals surface area contributed by atoms with Crippen molar-refractivity contribution in [2.24, 2.45) is 0 Å². The van der Waals surface area contributed by atoms with Gasteiger partial charge in [-0.3, -0.25) is 14.9 Å². The summed E-state index contributed by atoms with van der Waals surface area (Å²) in [7, 11) is 0. The molecule has 7 heteroatoms. The average Bonchev–Trinajstić information content (AvgIpc) is 2.76. The van der Waals surface area contributed by atoms with Crippen LogP contribution < -0.4 is 16.0 Å². The Bertz CT molecular complexity index is 601. The quantitative estimate of drug-likeness (QED) is 0.548. The van der Waals surface area contributed by atoms with E-state index in [1.54, 1.807) is 11.8 Å². The van der Waals surface area contributed by atoms with Gasteiger partial charge in [0.25, 0.3) is 5.91 Å². The SMILES string of the molecule is CC(C)Sc1ccc([C@@H](C)NC(=O)C[C@@H]2NC(=O)NC2=O)cc1. The molecule has 0 saturated carbocycles. The Morgan fingerprint density at radius 2 is 1.87 bits per heavy atom. The number of benzene rings is 1. The number of rotatable bonds is 6. The van der Waals surface area contributed by atoms with E-state index in [1.807, 2.05) is 31.2 Å². The van der Waals surface area contributed by atoms with Crippen LogP contribution in [0.4, 0.5) is 4.79 Å². The Morgan fingerprint density at radius 3 is 2.39 bits per heavy atom. The van der Waals surface area contributed by atoms with E-state index < -0.39 is 18.0 Å². The summed E-state index contributed by atoms with van der Waals surface area (Å²) in [6.45, 7) is 6.16. The van der Waals surface area contributed by atoms with Gasteiger partial charge >= 0.3 is 6.03 Å². The molecular weight excluding hydrogens is 314 g/mol. The van der Waals surface area contributed by atoms with E-state index in [0.29, 0.717) is 5.25 Å². The van der Waals surface area contributed by atoms with Gasteiger partial charge in [0.15, 0.2) is 0 Å². The van der Waals surface area contributed by atoms with Crippen LogP contribution >= 0.6 is 11.8 Å². The van der Waals surface area contributed by atoms with Crippen molar-refractivity contribution < 1.29 is 14.4 Å². The molecule has 0 aromatic heterocycles. The molecule has 1 heterocycles. The lowest BCUT2D eigenvalue weighted by atomic mass is 10.1. The summed E-state index contributed by atoms with van der Waals surface area (Å²) in [5.74, 6) is -0.742. The van der Waals surface area contributed by atoms with Gasteiger partial charge in [0, 0.05) is 10.1 Å². The fraction of sp³-hybridized carbons (Fsp3) is 0.438. The molecule has 1 aliphatic heterocycles. The van der Waals surface area contributed by atoms with Crippen LogP contribution in [0.2, 0.25) is 0 Å². The number of amides is 4. The third-order valence-electron chi connectivity index (χ3n) is 3.38. The first kappa shape index (κ1) is 17.3. The number of thioether (sulfide) groups is 1. The van der Waals surface area contributed by atoms with Crippen LogP contribution in [0.3, 0.4) is 0 Å². The van der Waals surface area contributed by atoms with Gasteiger partial charge in [-0.25, -0.2) is 4.79 Å². The van der Waals surface area contributed by atoms with E-state index in [-0.39, 0.29) is 18.4 Å². The molecule has 1 aromatic carbocycles. The van der Waals surface area contributed by atoms with E-state index in [4.69, 9.17) is 0 Å². The number of urea groups is 1. The van der Waals surface area contributed by atoms with E-state index >= 15 is 0 Å².